The van der Waals surface area contributed by atoms with Crippen molar-refractivity contribution >= 4 is 22.6 Å². The van der Waals surface area contributed by atoms with Crippen molar-refractivity contribution in [3.05, 3.63) is 29.3 Å². The van der Waals surface area contributed by atoms with Crippen LogP contribution in [0.3, 0.4) is 0 Å². The zero-order valence-corrected chi connectivity index (χ0v) is 12.3. The van der Waals surface area contributed by atoms with Crippen LogP contribution in [0, 0.1) is 18.6 Å². The van der Waals surface area contributed by atoms with Crippen LogP contribution in [0.2, 0.25) is 0 Å². The Morgan fingerprint density at radius 1 is 1.20 bits per heavy atom. The van der Waals surface area contributed by atoms with Crippen LogP contribution in [0.25, 0.3) is 0 Å². The zero-order chi connectivity index (χ0) is 14.2. The Hall–Kier alpha value is -1.10. The van der Waals surface area contributed by atoms with E-state index in [0.29, 0.717) is 10.7 Å². The smallest absolute Gasteiger partial charge is 0.161 e. The lowest BCUT2D eigenvalue weighted by Crippen LogP contribution is -2.29. The quantitative estimate of drug-likeness (QED) is 0.825. The minimum Gasteiger partial charge on any atom is -0.330 e. The molecule has 5 heteroatoms. The summed E-state index contributed by atoms with van der Waals surface area (Å²) in [6, 6.07) is 2.74. The molecule has 2 aliphatic rings. The molecule has 1 spiro atoms. The van der Waals surface area contributed by atoms with E-state index in [1.807, 2.05) is 0 Å². The van der Waals surface area contributed by atoms with Crippen molar-refractivity contribution in [3.63, 3.8) is 0 Å². The SMILES string of the molecule is Cc1ccc(F)c(NC2=NC3(CCCCC3)CS2)c1F. The van der Waals surface area contributed by atoms with Crippen LogP contribution >= 0.6 is 11.8 Å². The highest BCUT2D eigenvalue weighted by Crippen LogP contribution is 2.40. The van der Waals surface area contributed by atoms with Gasteiger partial charge < -0.3 is 5.32 Å². The molecule has 2 nitrogen and oxygen atoms in total. The van der Waals surface area contributed by atoms with Gasteiger partial charge in [-0.25, -0.2) is 8.78 Å². The first-order valence-corrected chi connectivity index (χ1v) is 8.02. The van der Waals surface area contributed by atoms with Crippen molar-refractivity contribution in [2.24, 2.45) is 4.99 Å². The van der Waals surface area contributed by atoms with Gasteiger partial charge >= 0.3 is 0 Å². The van der Waals surface area contributed by atoms with Crippen LogP contribution in [-0.2, 0) is 0 Å². The van der Waals surface area contributed by atoms with Gasteiger partial charge in [0.1, 0.15) is 11.5 Å². The van der Waals surface area contributed by atoms with Gasteiger partial charge in [-0.3, -0.25) is 4.99 Å². The minimum absolute atomic E-state index is 0.00201. The van der Waals surface area contributed by atoms with Crippen LogP contribution in [-0.4, -0.2) is 16.5 Å². The third-order valence-corrected chi connectivity index (χ3v) is 5.27. The van der Waals surface area contributed by atoms with E-state index in [-0.39, 0.29) is 11.2 Å². The molecule has 0 atom stereocenters. The average Bonchev–Trinajstić information content (AvgIpc) is 2.83. The van der Waals surface area contributed by atoms with Crippen LogP contribution in [0.1, 0.15) is 37.7 Å². The highest BCUT2D eigenvalue weighted by atomic mass is 32.2. The first kappa shape index (κ1) is 13.9. The summed E-state index contributed by atoms with van der Waals surface area (Å²) in [6.45, 7) is 1.63. The fourth-order valence-electron chi connectivity index (χ4n) is 2.89. The molecular formula is C15H18F2N2S. The highest BCUT2D eigenvalue weighted by molar-refractivity contribution is 8.14. The summed E-state index contributed by atoms with van der Waals surface area (Å²) >= 11 is 1.57. The second-order valence-electron chi connectivity index (χ2n) is 5.67. The van der Waals surface area contributed by atoms with Crippen molar-refractivity contribution in [1.82, 2.24) is 0 Å². The number of aliphatic imine (C=N–C) groups is 1. The standard InChI is InChI=1S/C15H18F2N2S/c1-10-5-6-11(16)13(12(10)17)18-14-19-15(9-20-14)7-3-2-4-8-15/h5-6H,2-4,7-9H2,1H3,(H,18,19). The lowest BCUT2D eigenvalue weighted by molar-refractivity contribution is 0.335. The van der Waals surface area contributed by atoms with E-state index >= 15 is 0 Å². The number of rotatable bonds is 1. The molecule has 1 heterocycles. The topological polar surface area (TPSA) is 24.4 Å². The number of amidine groups is 1. The van der Waals surface area contributed by atoms with Crippen molar-refractivity contribution in [2.75, 3.05) is 11.1 Å². The molecule has 0 unspecified atom stereocenters. The Balaban J connectivity index is 1.82. The molecule has 0 radical (unpaired) electrons. The highest BCUT2D eigenvalue weighted by Gasteiger charge is 2.37. The molecular weight excluding hydrogens is 278 g/mol. The largest absolute Gasteiger partial charge is 0.330 e. The van der Waals surface area contributed by atoms with E-state index in [1.54, 1.807) is 18.7 Å². The molecule has 1 aromatic carbocycles. The van der Waals surface area contributed by atoms with Gasteiger partial charge in [0.15, 0.2) is 11.0 Å². The summed E-state index contributed by atoms with van der Waals surface area (Å²) in [4.78, 5) is 4.72. The molecule has 0 aromatic heterocycles. The summed E-state index contributed by atoms with van der Waals surface area (Å²) < 4.78 is 27.7. The Kier molecular flexibility index (Phi) is 3.71. The fourth-order valence-corrected chi connectivity index (χ4v) is 4.08. The number of hydrogen-bond donors (Lipinski definition) is 1. The number of nitrogens with one attached hydrogen (secondary N) is 1. The number of halogens is 2. The molecule has 108 valence electrons. The maximum absolute atomic E-state index is 14.0. The maximum Gasteiger partial charge on any atom is 0.161 e. The molecule has 0 saturated heterocycles. The maximum atomic E-state index is 14.0. The average molecular weight is 296 g/mol. The Morgan fingerprint density at radius 2 is 1.95 bits per heavy atom. The normalized spacial score (nSPS) is 21.1. The molecule has 3 rings (SSSR count). The van der Waals surface area contributed by atoms with E-state index in [9.17, 15) is 8.78 Å². The summed E-state index contributed by atoms with van der Waals surface area (Å²) in [6.07, 6.45) is 5.84. The van der Waals surface area contributed by atoms with E-state index in [2.05, 4.69) is 5.32 Å². The third kappa shape index (κ3) is 2.55. The summed E-state index contributed by atoms with van der Waals surface area (Å²) in [5.74, 6) is -0.177. The molecule has 20 heavy (non-hydrogen) atoms. The number of benzene rings is 1. The van der Waals surface area contributed by atoms with Gasteiger partial charge in [0, 0.05) is 5.75 Å². The van der Waals surface area contributed by atoms with Crippen molar-refractivity contribution < 1.29 is 8.78 Å². The van der Waals surface area contributed by atoms with Crippen LogP contribution in [0.5, 0.6) is 0 Å². The van der Waals surface area contributed by atoms with Crippen LogP contribution < -0.4 is 5.32 Å². The van der Waals surface area contributed by atoms with Crippen LogP contribution in [0.15, 0.2) is 17.1 Å². The Labute approximate surface area is 122 Å². The van der Waals surface area contributed by atoms with Crippen molar-refractivity contribution in [3.8, 4) is 0 Å². The van der Waals surface area contributed by atoms with Gasteiger partial charge in [0.2, 0.25) is 0 Å². The lowest BCUT2D eigenvalue weighted by atomic mass is 9.84. The predicted octanol–water partition coefficient (Wildman–Crippen LogP) is 4.49. The number of thioether (sulfide) groups is 1. The van der Waals surface area contributed by atoms with Crippen molar-refractivity contribution in [1.29, 1.82) is 0 Å². The molecule has 0 bridgehead atoms. The second-order valence-corrected chi connectivity index (χ2v) is 6.63. The molecule has 0 amide bonds. The first-order valence-electron chi connectivity index (χ1n) is 7.04. The van der Waals surface area contributed by atoms with Gasteiger partial charge in [0.05, 0.1) is 5.54 Å². The van der Waals surface area contributed by atoms with E-state index < -0.39 is 11.6 Å². The van der Waals surface area contributed by atoms with Gasteiger partial charge in [-0.1, -0.05) is 37.1 Å². The molecule has 1 saturated carbocycles. The second kappa shape index (κ2) is 5.35. The Morgan fingerprint density at radius 3 is 2.70 bits per heavy atom. The van der Waals surface area contributed by atoms with Gasteiger partial charge in [-0.2, -0.15) is 0 Å². The van der Waals surface area contributed by atoms with E-state index in [1.165, 1.54) is 31.4 Å². The van der Waals surface area contributed by atoms with E-state index in [0.717, 1.165) is 18.6 Å². The Bertz CT molecular complexity index is 551. The monoisotopic (exact) mass is 296 g/mol. The summed E-state index contributed by atoms with van der Waals surface area (Å²) in [5, 5.41) is 3.50. The van der Waals surface area contributed by atoms with Gasteiger partial charge in [0.25, 0.3) is 0 Å². The zero-order valence-electron chi connectivity index (χ0n) is 11.5. The van der Waals surface area contributed by atoms with E-state index in [4.69, 9.17) is 4.99 Å². The molecule has 1 N–H and O–H groups in total. The van der Waals surface area contributed by atoms with Crippen LogP contribution in [0.4, 0.5) is 14.5 Å². The van der Waals surface area contributed by atoms with Gasteiger partial charge in [-0.15, -0.1) is 0 Å². The summed E-state index contributed by atoms with van der Waals surface area (Å²) in [7, 11) is 0. The van der Waals surface area contributed by atoms with Crippen molar-refractivity contribution in [2.45, 2.75) is 44.6 Å². The molecule has 1 aliphatic heterocycles. The molecule has 1 fully saturated rings. The fraction of sp³-hybridized carbons (Fsp3) is 0.533. The number of nitrogens with zero attached hydrogens (tertiary/aromatic N) is 1. The molecule has 1 aromatic rings. The lowest BCUT2D eigenvalue weighted by Gasteiger charge is -2.29. The third-order valence-electron chi connectivity index (χ3n) is 4.12. The summed E-state index contributed by atoms with van der Waals surface area (Å²) in [5.41, 5.74) is 0.358. The molecule has 1 aliphatic carbocycles. The number of hydrogen-bond acceptors (Lipinski definition) is 3. The first-order chi connectivity index (χ1) is 9.60. The number of anilines is 1. The number of aryl methyl sites for hydroxylation is 1. The van der Waals surface area contributed by atoms with Gasteiger partial charge in [-0.05, 0) is 31.4 Å². The minimum atomic E-state index is -0.569. The predicted molar refractivity (Wildman–Crippen MR) is 80.4 cm³/mol.